The molecule has 0 aliphatic rings. The summed E-state index contributed by atoms with van der Waals surface area (Å²) in [6.07, 6.45) is 4.57. The number of carbonyl (C=O) groups excluding carboxylic acids is 1. The Hall–Kier alpha value is -1.44. The third-order valence-electron chi connectivity index (χ3n) is 3.22. The van der Waals surface area contributed by atoms with Gasteiger partial charge in [0.15, 0.2) is 4.34 Å². The zero-order valence-electron chi connectivity index (χ0n) is 13.0. The number of thioether (sulfide) groups is 1. The fourth-order valence-corrected chi connectivity index (χ4v) is 3.73. The van der Waals surface area contributed by atoms with Gasteiger partial charge in [0.2, 0.25) is 11.0 Å². The second-order valence-corrected chi connectivity index (χ2v) is 7.35. The number of anilines is 1. The molecule has 0 aliphatic heterocycles. The summed E-state index contributed by atoms with van der Waals surface area (Å²) in [4.78, 5) is 11.8. The van der Waals surface area contributed by atoms with E-state index in [1.165, 1.54) is 16.9 Å². The SMILES string of the molecule is NCCCCCCC(=O)Nc1nnc(SCc2ccccc2)s1. The van der Waals surface area contributed by atoms with Gasteiger partial charge in [-0.15, -0.1) is 10.2 Å². The van der Waals surface area contributed by atoms with Crippen molar-refractivity contribution in [3.05, 3.63) is 35.9 Å². The van der Waals surface area contributed by atoms with Gasteiger partial charge in [-0.25, -0.2) is 0 Å². The summed E-state index contributed by atoms with van der Waals surface area (Å²) in [5.74, 6) is 0.860. The van der Waals surface area contributed by atoms with E-state index < -0.39 is 0 Å². The number of amides is 1. The molecule has 2 rings (SSSR count). The third kappa shape index (κ3) is 7.11. The molecule has 1 aromatic carbocycles. The summed E-state index contributed by atoms with van der Waals surface area (Å²) in [6.45, 7) is 0.723. The first-order valence-electron chi connectivity index (χ1n) is 7.78. The number of nitrogens with two attached hydrogens (primary N) is 1. The predicted molar refractivity (Wildman–Crippen MR) is 96.7 cm³/mol. The first kappa shape index (κ1) is 17.9. The Morgan fingerprint density at radius 1 is 1.13 bits per heavy atom. The molecule has 5 nitrogen and oxygen atoms in total. The number of nitrogens with zero attached hydrogens (tertiary/aromatic N) is 2. The Kier molecular flexibility index (Phi) is 8.06. The highest BCUT2D eigenvalue weighted by molar-refractivity contribution is 8.00. The Morgan fingerprint density at radius 3 is 2.70 bits per heavy atom. The lowest BCUT2D eigenvalue weighted by atomic mass is 10.1. The molecule has 3 N–H and O–H groups in total. The molecule has 0 fully saturated rings. The third-order valence-corrected chi connectivity index (χ3v) is 5.26. The summed E-state index contributed by atoms with van der Waals surface area (Å²) in [7, 11) is 0. The fraction of sp³-hybridized carbons (Fsp3) is 0.438. The normalized spacial score (nSPS) is 10.7. The van der Waals surface area contributed by atoms with Crippen LogP contribution in [0, 0.1) is 0 Å². The minimum atomic E-state index is 0.00788. The summed E-state index contributed by atoms with van der Waals surface area (Å²) in [6, 6.07) is 10.2. The van der Waals surface area contributed by atoms with E-state index in [1.54, 1.807) is 11.8 Å². The second kappa shape index (κ2) is 10.4. The number of rotatable bonds is 10. The molecule has 0 radical (unpaired) electrons. The van der Waals surface area contributed by atoms with Crippen molar-refractivity contribution >= 4 is 34.1 Å². The van der Waals surface area contributed by atoms with Crippen molar-refractivity contribution in [3.63, 3.8) is 0 Å². The van der Waals surface area contributed by atoms with Crippen LogP contribution in [0.5, 0.6) is 0 Å². The van der Waals surface area contributed by atoms with Crippen LogP contribution in [0.2, 0.25) is 0 Å². The smallest absolute Gasteiger partial charge is 0.226 e. The largest absolute Gasteiger partial charge is 0.330 e. The number of nitrogens with one attached hydrogen (secondary N) is 1. The lowest BCUT2D eigenvalue weighted by Crippen LogP contribution is -2.10. The van der Waals surface area contributed by atoms with Gasteiger partial charge in [-0.05, 0) is 24.9 Å². The minimum absolute atomic E-state index is 0.00788. The van der Waals surface area contributed by atoms with E-state index in [9.17, 15) is 4.79 Å². The Labute approximate surface area is 145 Å². The number of hydrogen-bond donors (Lipinski definition) is 2. The van der Waals surface area contributed by atoms with Gasteiger partial charge in [0.1, 0.15) is 0 Å². The van der Waals surface area contributed by atoms with Crippen LogP contribution in [0.25, 0.3) is 0 Å². The van der Waals surface area contributed by atoms with Crippen LogP contribution in [0.4, 0.5) is 5.13 Å². The van der Waals surface area contributed by atoms with Crippen molar-refractivity contribution in [1.29, 1.82) is 0 Å². The van der Waals surface area contributed by atoms with Gasteiger partial charge < -0.3 is 11.1 Å². The van der Waals surface area contributed by atoms with E-state index in [0.29, 0.717) is 11.6 Å². The van der Waals surface area contributed by atoms with Crippen molar-refractivity contribution < 1.29 is 4.79 Å². The van der Waals surface area contributed by atoms with Gasteiger partial charge in [-0.2, -0.15) is 0 Å². The Morgan fingerprint density at radius 2 is 1.91 bits per heavy atom. The zero-order valence-corrected chi connectivity index (χ0v) is 14.7. The highest BCUT2D eigenvalue weighted by Crippen LogP contribution is 2.28. The molecule has 0 atom stereocenters. The highest BCUT2D eigenvalue weighted by atomic mass is 32.2. The second-order valence-electron chi connectivity index (χ2n) is 5.15. The molecular weight excluding hydrogens is 328 g/mol. The molecule has 1 amide bonds. The molecule has 1 heterocycles. The van der Waals surface area contributed by atoms with E-state index in [4.69, 9.17) is 5.73 Å². The minimum Gasteiger partial charge on any atom is -0.330 e. The van der Waals surface area contributed by atoms with E-state index in [1.807, 2.05) is 18.2 Å². The maximum Gasteiger partial charge on any atom is 0.226 e. The molecule has 0 saturated carbocycles. The van der Waals surface area contributed by atoms with E-state index in [2.05, 4.69) is 27.6 Å². The molecule has 23 heavy (non-hydrogen) atoms. The quantitative estimate of drug-likeness (QED) is 0.388. The Bertz CT molecular complexity index is 589. The van der Waals surface area contributed by atoms with Crippen molar-refractivity contribution in [1.82, 2.24) is 10.2 Å². The topological polar surface area (TPSA) is 80.9 Å². The molecule has 7 heteroatoms. The van der Waals surface area contributed by atoms with Crippen LogP contribution in [0.1, 0.15) is 37.7 Å². The van der Waals surface area contributed by atoms with Crippen LogP contribution in [0.3, 0.4) is 0 Å². The number of carbonyl (C=O) groups is 1. The lowest BCUT2D eigenvalue weighted by Gasteiger charge is -2.01. The van der Waals surface area contributed by atoms with Crippen molar-refractivity contribution in [3.8, 4) is 0 Å². The fourth-order valence-electron chi connectivity index (χ4n) is 2.00. The summed E-state index contributed by atoms with van der Waals surface area (Å²) in [5, 5.41) is 11.5. The van der Waals surface area contributed by atoms with Crippen molar-refractivity contribution in [2.45, 2.75) is 42.2 Å². The van der Waals surface area contributed by atoms with Gasteiger partial charge >= 0.3 is 0 Å². The molecule has 0 unspecified atom stereocenters. The molecule has 2 aromatic rings. The molecular formula is C16H22N4OS2. The summed E-state index contributed by atoms with van der Waals surface area (Å²) in [5.41, 5.74) is 6.69. The number of aromatic nitrogens is 2. The van der Waals surface area contributed by atoms with Crippen LogP contribution in [0.15, 0.2) is 34.7 Å². The van der Waals surface area contributed by atoms with Gasteiger partial charge in [-0.3, -0.25) is 4.79 Å². The van der Waals surface area contributed by atoms with Crippen molar-refractivity contribution in [2.24, 2.45) is 5.73 Å². The van der Waals surface area contributed by atoms with Crippen LogP contribution < -0.4 is 11.1 Å². The van der Waals surface area contributed by atoms with E-state index >= 15 is 0 Å². The number of hydrogen-bond acceptors (Lipinski definition) is 6. The molecule has 0 aliphatic carbocycles. The predicted octanol–water partition coefficient (Wildman–Crippen LogP) is 3.68. The van der Waals surface area contributed by atoms with Crippen molar-refractivity contribution in [2.75, 3.05) is 11.9 Å². The van der Waals surface area contributed by atoms with E-state index in [-0.39, 0.29) is 5.91 Å². The van der Waals surface area contributed by atoms with Gasteiger partial charge in [0.25, 0.3) is 0 Å². The standard InChI is InChI=1S/C16H22N4OS2/c17-11-7-2-1-6-10-14(21)18-15-19-20-16(23-15)22-12-13-8-4-3-5-9-13/h3-5,8-9H,1-2,6-7,10-12,17H2,(H,18,19,21). The average molecular weight is 351 g/mol. The van der Waals surface area contributed by atoms with Crippen LogP contribution in [-0.2, 0) is 10.5 Å². The van der Waals surface area contributed by atoms with Gasteiger partial charge in [0.05, 0.1) is 0 Å². The number of unbranched alkanes of at least 4 members (excludes halogenated alkanes) is 3. The molecule has 0 saturated heterocycles. The molecule has 1 aromatic heterocycles. The van der Waals surface area contributed by atoms with Crippen LogP contribution >= 0.6 is 23.1 Å². The highest BCUT2D eigenvalue weighted by Gasteiger charge is 2.08. The first-order valence-corrected chi connectivity index (χ1v) is 9.58. The zero-order chi connectivity index (χ0) is 16.3. The maximum absolute atomic E-state index is 11.8. The molecule has 0 bridgehead atoms. The van der Waals surface area contributed by atoms with Gasteiger partial charge in [0, 0.05) is 12.2 Å². The molecule has 0 spiro atoms. The van der Waals surface area contributed by atoms with Crippen LogP contribution in [-0.4, -0.2) is 22.6 Å². The average Bonchev–Trinajstić information content (AvgIpc) is 3.01. The lowest BCUT2D eigenvalue weighted by molar-refractivity contribution is -0.116. The van der Waals surface area contributed by atoms with Gasteiger partial charge in [-0.1, -0.05) is 66.3 Å². The maximum atomic E-state index is 11.8. The molecule has 124 valence electrons. The summed E-state index contributed by atoms with van der Waals surface area (Å²) >= 11 is 3.05. The Balaban J connectivity index is 1.68. The van der Waals surface area contributed by atoms with E-state index in [0.717, 1.165) is 42.3 Å². The summed E-state index contributed by atoms with van der Waals surface area (Å²) < 4.78 is 0.868. The number of benzene rings is 1. The monoisotopic (exact) mass is 350 g/mol. The first-order chi connectivity index (χ1) is 11.3.